The van der Waals surface area contributed by atoms with Crippen LogP contribution in [0.1, 0.15) is 26.7 Å². The van der Waals surface area contributed by atoms with Crippen molar-refractivity contribution in [1.82, 2.24) is 14.5 Å². The number of nitrogens with one attached hydrogen (secondary N) is 1. The highest BCUT2D eigenvalue weighted by Gasteiger charge is 2.30. The minimum absolute atomic E-state index is 0.0244. The molecule has 0 bridgehead atoms. The van der Waals surface area contributed by atoms with Crippen molar-refractivity contribution >= 4 is 10.0 Å². The van der Waals surface area contributed by atoms with Crippen molar-refractivity contribution in [2.24, 2.45) is 0 Å². The zero-order chi connectivity index (χ0) is 13.8. The smallest absolute Gasteiger partial charge is 0.215 e. The number of hydrogen-bond acceptors (Lipinski definition) is 4. The fraction of sp³-hybridized carbons (Fsp3) is 1.00. The van der Waals surface area contributed by atoms with E-state index in [2.05, 4.69) is 5.32 Å². The van der Waals surface area contributed by atoms with Crippen LogP contribution >= 0.6 is 0 Å². The second-order valence-corrected chi connectivity index (χ2v) is 7.35. The topological polar surface area (TPSA) is 52.7 Å². The van der Waals surface area contributed by atoms with E-state index in [1.165, 1.54) is 0 Å². The standard InChI is InChI=1S/C12H27N3O2S/c1-5-15(11(2)9-14(3)4)18(16,17)10-12-7-6-8-13-12/h11-13H,5-10H2,1-4H3. The van der Waals surface area contributed by atoms with Crippen LogP contribution in [0.3, 0.4) is 0 Å². The van der Waals surface area contributed by atoms with Crippen LogP contribution in [0.25, 0.3) is 0 Å². The highest BCUT2D eigenvalue weighted by atomic mass is 32.2. The molecular formula is C12H27N3O2S. The van der Waals surface area contributed by atoms with Gasteiger partial charge in [-0.3, -0.25) is 0 Å². The molecule has 0 aliphatic carbocycles. The summed E-state index contributed by atoms with van der Waals surface area (Å²) in [6.07, 6.45) is 2.05. The molecule has 2 atom stereocenters. The van der Waals surface area contributed by atoms with Gasteiger partial charge in [-0.25, -0.2) is 8.42 Å². The molecule has 108 valence electrons. The molecule has 1 heterocycles. The number of sulfonamides is 1. The summed E-state index contributed by atoms with van der Waals surface area (Å²) >= 11 is 0. The molecular weight excluding hydrogens is 250 g/mol. The summed E-state index contributed by atoms with van der Waals surface area (Å²) in [5, 5.41) is 3.26. The first-order valence-corrected chi connectivity index (χ1v) is 8.35. The van der Waals surface area contributed by atoms with Crippen LogP contribution in [0.2, 0.25) is 0 Å². The predicted molar refractivity (Wildman–Crippen MR) is 75.2 cm³/mol. The molecule has 5 nitrogen and oxygen atoms in total. The minimum Gasteiger partial charge on any atom is -0.313 e. The summed E-state index contributed by atoms with van der Waals surface area (Å²) < 4.78 is 26.4. The molecule has 0 spiro atoms. The summed E-state index contributed by atoms with van der Waals surface area (Å²) in [5.74, 6) is 0.235. The molecule has 0 saturated carbocycles. The monoisotopic (exact) mass is 277 g/mol. The van der Waals surface area contributed by atoms with E-state index in [0.29, 0.717) is 6.54 Å². The molecule has 0 amide bonds. The van der Waals surface area contributed by atoms with Crippen LogP contribution in [0.15, 0.2) is 0 Å². The zero-order valence-corrected chi connectivity index (χ0v) is 12.8. The van der Waals surface area contributed by atoms with Gasteiger partial charge in [-0.15, -0.1) is 0 Å². The van der Waals surface area contributed by atoms with Crippen molar-refractivity contribution < 1.29 is 8.42 Å². The number of nitrogens with zero attached hydrogens (tertiary/aromatic N) is 2. The van der Waals surface area contributed by atoms with E-state index in [4.69, 9.17) is 0 Å². The van der Waals surface area contributed by atoms with Crippen molar-refractivity contribution in [3.63, 3.8) is 0 Å². The number of rotatable bonds is 7. The van der Waals surface area contributed by atoms with Crippen molar-refractivity contribution in [2.45, 2.75) is 38.8 Å². The molecule has 1 fully saturated rings. The predicted octanol–water partition coefficient (Wildman–Crippen LogP) is 0.340. The van der Waals surface area contributed by atoms with Crippen LogP contribution in [0.4, 0.5) is 0 Å². The van der Waals surface area contributed by atoms with Gasteiger partial charge < -0.3 is 10.2 Å². The van der Waals surface area contributed by atoms with Gasteiger partial charge in [-0.2, -0.15) is 4.31 Å². The first-order valence-electron chi connectivity index (χ1n) is 6.74. The Kier molecular flexibility index (Phi) is 6.04. The Morgan fingerprint density at radius 2 is 2.06 bits per heavy atom. The van der Waals surface area contributed by atoms with Gasteiger partial charge >= 0.3 is 0 Å². The Labute approximate surface area is 112 Å². The molecule has 0 radical (unpaired) electrons. The van der Waals surface area contributed by atoms with Gasteiger partial charge in [-0.1, -0.05) is 6.92 Å². The summed E-state index contributed by atoms with van der Waals surface area (Å²) in [5.41, 5.74) is 0. The molecule has 0 aromatic carbocycles. The second-order valence-electron chi connectivity index (χ2n) is 5.39. The Hall–Kier alpha value is -0.170. The summed E-state index contributed by atoms with van der Waals surface area (Å²) in [4.78, 5) is 2.02. The van der Waals surface area contributed by atoms with Gasteiger partial charge in [0, 0.05) is 25.2 Å². The number of hydrogen-bond donors (Lipinski definition) is 1. The first-order chi connectivity index (χ1) is 8.36. The molecule has 6 heteroatoms. The lowest BCUT2D eigenvalue weighted by Gasteiger charge is -2.30. The van der Waals surface area contributed by atoms with E-state index in [0.717, 1.165) is 25.9 Å². The quantitative estimate of drug-likeness (QED) is 0.729. The molecule has 1 N–H and O–H groups in total. The summed E-state index contributed by atoms with van der Waals surface area (Å²) in [6, 6.07) is 0.159. The molecule has 1 aliphatic heterocycles. The Bertz CT molecular complexity index is 337. The van der Waals surface area contributed by atoms with E-state index in [1.807, 2.05) is 32.8 Å². The van der Waals surface area contributed by atoms with Crippen molar-refractivity contribution in [3.05, 3.63) is 0 Å². The largest absolute Gasteiger partial charge is 0.313 e. The van der Waals surface area contributed by atoms with E-state index < -0.39 is 10.0 Å². The third kappa shape index (κ3) is 4.50. The van der Waals surface area contributed by atoms with Gasteiger partial charge in [-0.05, 0) is 40.4 Å². The highest BCUT2D eigenvalue weighted by Crippen LogP contribution is 2.14. The Morgan fingerprint density at radius 3 is 2.50 bits per heavy atom. The molecule has 0 aromatic heterocycles. The molecule has 2 unspecified atom stereocenters. The maximum atomic E-state index is 12.4. The summed E-state index contributed by atoms with van der Waals surface area (Å²) in [6.45, 7) is 6.13. The lowest BCUT2D eigenvalue weighted by molar-refractivity contribution is 0.271. The Morgan fingerprint density at radius 1 is 1.39 bits per heavy atom. The maximum absolute atomic E-state index is 12.4. The number of likely N-dealkylation sites (N-methyl/N-ethyl adjacent to an activating group) is 2. The van der Waals surface area contributed by atoms with Crippen molar-refractivity contribution in [3.8, 4) is 0 Å². The molecule has 1 rings (SSSR count). The van der Waals surface area contributed by atoms with E-state index in [-0.39, 0.29) is 17.8 Å². The maximum Gasteiger partial charge on any atom is 0.215 e. The third-order valence-electron chi connectivity index (χ3n) is 3.36. The van der Waals surface area contributed by atoms with Crippen molar-refractivity contribution in [2.75, 3.05) is 39.5 Å². The second kappa shape index (κ2) is 6.84. The SMILES string of the molecule is CCN(C(C)CN(C)C)S(=O)(=O)CC1CCCN1. The average molecular weight is 277 g/mol. The van der Waals surface area contributed by atoms with Crippen LogP contribution in [0, 0.1) is 0 Å². The fourth-order valence-electron chi connectivity index (χ4n) is 2.65. The third-order valence-corrected chi connectivity index (χ3v) is 5.52. The fourth-order valence-corrected chi connectivity index (χ4v) is 4.64. The van der Waals surface area contributed by atoms with Gasteiger partial charge in [0.05, 0.1) is 5.75 Å². The lowest BCUT2D eigenvalue weighted by Crippen LogP contribution is -2.47. The Balaban J connectivity index is 2.66. The average Bonchev–Trinajstić information content (AvgIpc) is 2.68. The minimum atomic E-state index is -3.16. The van der Waals surface area contributed by atoms with Gasteiger partial charge in [0.1, 0.15) is 0 Å². The first kappa shape index (κ1) is 15.9. The van der Waals surface area contributed by atoms with Crippen molar-refractivity contribution in [1.29, 1.82) is 0 Å². The van der Waals surface area contributed by atoms with Gasteiger partial charge in [0.25, 0.3) is 0 Å². The summed E-state index contributed by atoms with van der Waals surface area (Å²) in [7, 11) is 0.779. The molecule has 1 saturated heterocycles. The highest BCUT2D eigenvalue weighted by molar-refractivity contribution is 7.89. The van der Waals surface area contributed by atoms with Crippen LogP contribution in [-0.2, 0) is 10.0 Å². The van der Waals surface area contributed by atoms with Crippen LogP contribution in [-0.4, -0.2) is 69.2 Å². The van der Waals surface area contributed by atoms with E-state index in [9.17, 15) is 8.42 Å². The lowest BCUT2D eigenvalue weighted by atomic mass is 10.3. The molecule has 1 aliphatic rings. The van der Waals surface area contributed by atoms with Gasteiger partial charge in [0.2, 0.25) is 10.0 Å². The van der Waals surface area contributed by atoms with Crippen LogP contribution < -0.4 is 5.32 Å². The van der Waals surface area contributed by atoms with E-state index in [1.54, 1.807) is 4.31 Å². The van der Waals surface area contributed by atoms with Crippen LogP contribution in [0.5, 0.6) is 0 Å². The molecule has 0 aromatic rings. The molecule has 18 heavy (non-hydrogen) atoms. The normalized spacial score (nSPS) is 22.9. The van der Waals surface area contributed by atoms with E-state index >= 15 is 0 Å². The zero-order valence-electron chi connectivity index (χ0n) is 12.0. The van der Waals surface area contributed by atoms with Gasteiger partial charge in [0.15, 0.2) is 0 Å².